The Labute approximate surface area is 163 Å². The number of amides is 1. The van der Waals surface area contributed by atoms with Gasteiger partial charge in [-0.3, -0.25) is 4.79 Å². The minimum Gasteiger partial charge on any atom is -0.353 e. The highest BCUT2D eigenvalue weighted by atomic mass is 32.1. The van der Waals surface area contributed by atoms with E-state index in [1.807, 2.05) is 32.0 Å². The van der Waals surface area contributed by atoms with Gasteiger partial charge in [-0.15, -0.1) is 11.3 Å². The van der Waals surface area contributed by atoms with Gasteiger partial charge in [-0.1, -0.05) is 30.3 Å². The summed E-state index contributed by atoms with van der Waals surface area (Å²) in [6.45, 7) is 3.95. The first kappa shape index (κ1) is 19.2. The van der Waals surface area contributed by atoms with Gasteiger partial charge in [0.25, 0.3) is 0 Å². The van der Waals surface area contributed by atoms with Crippen molar-refractivity contribution in [2.24, 2.45) is 0 Å². The summed E-state index contributed by atoms with van der Waals surface area (Å²) in [7, 11) is 0. The molecule has 0 aliphatic rings. The Morgan fingerprint density at radius 3 is 2.56 bits per heavy atom. The summed E-state index contributed by atoms with van der Waals surface area (Å²) >= 11 is 1.51. The van der Waals surface area contributed by atoms with Crippen molar-refractivity contribution in [2.75, 3.05) is 0 Å². The predicted octanol–water partition coefficient (Wildman–Crippen LogP) is 4.94. The van der Waals surface area contributed by atoms with E-state index in [-0.39, 0.29) is 24.2 Å². The molecule has 1 atom stereocenters. The standard InChI is InChI=1S/C22H23FN2OS/c1-15(8-9-17-6-4-3-5-7-17)24-21(26)14-20-22(25-16(2)27-20)18-10-12-19(23)13-11-18/h3-7,10-13,15H,8-9,14H2,1-2H3,(H,24,26). The lowest BCUT2D eigenvalue weighted by atomic mass is 10.1. The quantitative estimate of drug-likeness (QED) is 0.629. The van der Waals surface area contributed by atoms with Crippen LogP contribution in [0.1, 0.15) is 28.8 Å². The molecule has 2 aromatic carbocycles. The van der Waals surface area contributed by atoms with Crippen molar-refractivity contribution >= 4 is 17.2 Å². The van der Waals surface area contributed by atoms with Gasteiger partial charge in [0.05, 0.1) is 17.1 Å². The number of hydrogen-bond donors (Lipinski definition) is 1. The number of halogens is 1. The zero-order chi connectivity index (χ0) is 19.2. The van der Waals surface area contributed by atoms with E-state index in [1.165, 1.54) is 29.0 Å². The molecule has 3 rings (SSSR count). The van der Waals surface area contributed by atoms with Crippen molar-refractivity contribution in [1.82, 2.24) is 10.3 Å². The lowest BCUT2D eigenvalue weighted by Crippen LogP contribution is -2.33. The van der Waals surface area contributed by atoms with Crippen LogP contribution in [0.15, 0.2) is 54.6 Å². The number of carbonyl (C=O) groups is 1. The molecule has 0 aliphatic heterocycles. The monoisotopic (exact) mass is 382 g/mol. The Kier molecular flexibility index (Phi) is 6.35. The molecule has 0 aliphatic carbocycles. The number of nitrogens with zero attached hydrogens (tertiary/aromatic N) is 1. The third-order valence-corrected chi connectivity index (χ3v) is 5.33. The molecule has 1 heterocycles. The summed E-state index contributed by atoms with van der Waals surface area (Å²) in [6, 6.07) is 16.6. The van der Waals surface area contributed by atoms with Crippen LogP contribution in [0.2, 0.25) is 0 Å². The summed E-state index contributed by atoms with van der Waals surface area (Å²) in [4.78, 5) is 17.9. The molecule has 1 amide bonds. The summed E-state index contributed by atoms with van der Waals surface area (Å²) in [6.07, 6.45) is 2.11. The Morgan fingerprint density at radius 2 is 1.85 bits per heavy atom. The van der Waals surface area contributed by atoms with Crippen LogP contribution in [0.5, 0.6) is 0 Å². The van der Waals surface area contributed by atoms with Crippen LogP contribution in [-0.4, -0.2) is 16.9 Å². The van der Waals surface area contributed by atoms with Gasteiger partial charge in [0, 0.05) is 16.5 Å². The third kappa shape index (κ3) is 5.47. The lowest BCUT2D eigenvalue weighted by Gasteiger charge is -2.14. The van der Waals surface area contributed by atoms with Crippen LogP contribution < -0.4 is 5.32 Å². The molecule has 3 aromatic rings. The van der Waals surface area contributed by atoms with E-state index >= 15 is 0 Å². The lowest BCUT2D eigenvalue weighted by molar-refractivity contribution is -0.121. The smallest absolute Gasteiger partial charge is 0.225 e. The van der Waals surface area contributed by atoms with Crippen molar-refractivity contribution in [3.8, 4) is 11.3 Å². The van der Waals surface area contributed by atoms with E-state index in [4.69, 9.17) is 0 Å². The fourth-order valence-electron chi connectivity index (χ4n) is 2.99. The summed E-state index contributed by atoms with van der Waals surface area (Å²) in [5.41, 5.74) is 2.88. The largest absolute Gasteiger partial charge is 0.353 e. The van der Waals surface area contributed by atoms with Crippen LogP contribution in [0.4, 0.5) is 4.39 Å². The van der Waals surface area contributed by atoms with Gasteiger partial charge in [0.1, 0.15) is 5.82 Å². The number of thiazole rings is 1. The first-order chi connectivity index (χ1) is 13.0. The van der Waals surface area contributed by atoms with Gasteiger partial charge in [-0.2, -0.15) is 0 Å². The highest BCUT2D eigenvalue weighted by Crippen LogP contribution is 2.28. The van der Waals surface area contributed by atoms with Gasteiger partial charge < -0.3 is 5.32 Å². The SMILES string of the molecule is Cc1nc(-c2ccc(F)cc2)c(CC(=O)NC(C)CCc2ccccc2)s1. The Morgan fingerprint density at radius 1 is 1.15 bits per heavy atom. The molecule has 0 bridgehead atoms. The Bertz CT molecular complexity index is 890. The van der Waals surface area contributed by atoms with Gasteiger partial charge in [-0.05, 0) is 56.5 Å². The van der Waals surface area contributed by atoms with Crippen LogP contribution in [0.3, 0.4) is 0 Å². The Balaban J connectivity index is 1.60. The molecular weight excluding hydrogens is 359 g/mol. The average Bonchev–Trinajstić information content (AvgIpc) is 3.01. The fourth-order valence-corrected chi connectivity index (χ4v) is 3.95. The molecule has 0 spiro atoms. The normalized spacial score (nSPS) is 12.0. The molecule has 27 heavy (non-hydrogen) atoms. The first-order valence-corrected chi connectivity index (χ1v) is 9.88. The topological polar surface area (TPSA) is 42.0 Å². The number of nitrogens with one attached hydrogen (secondary N) is 1. The number of aryl methyl sites for hydroxylation is 2. The maximum atomic E-state index is 13.2. The molecule has 0 saturated carbocycles. The summed E-state index contributed by atoms with van der Waals surface area (Å²) in [5, 5.41) is 3.97. The van der Waals surface area contributed by atoms with Crippen molar-refractivity contribution in [1.29, 1.82) is 0 Å². The molecule has 1 aromatic heterocycles. The van der Waals surface area contributed by atoms with Gasteiger partial charge >= 0.3 is 0 Å². The molecule has 0 radical (unpaired) electrons. The molecule has 3 nitrogen and oxygen atoms in total. The van der Waals surface area contributed by atoms with Crippen LogP contribution >= 0.6 is 11.3 Å². The van der Waals surface area contributed by atoms with E-state index in [1.54, 1.807) is 12.1 Å². The van der Waals surface area contributed by atoms with E-state index in [2.05, 4.69) is 22.4 Å². The van der Waals surface area contributed by atoms with Crippen LogP contribution in [0.25, 0.3) is 11.3 Å². The molecular formula is C22H23FN2OS. The van der Waals surface area contributed by atoms with Crippen LogP contribution in [0, 0.1) is 12.7 Å². The maximum Gasteiger partial charge on any atom is 0.225 e. The highest BCUT2D eigenvalue weighted by Gasteiger charge is 2.16. The zero-order valence-electron chi connectivity index (χ0n) is 15.5. The molecule has 0 fully saturated rings. The molecule has 1 N–H and O–H groups in total. The molecule has 1 unspecified atom stereocenters. The number of benzene rings is 2. The van der Waals surface area contributed by atoms with Crippen molar-refractivity contribution in [3.05, 3.63) is 75.9 Å². The van der Waals surface area contributed by atoms with Gasteiger partial charge in [0.15, 0.2) is 0 Å². The minimum absolute atomic E-state index is 0.0115. The van der Waals surface area contributed by atoms with E-state index in [0.29, 0.717) is 0 Å². The summed E-state index contributed by atoms with van der Waals surface area (Å²) in [5.74, 6) is -0.292. The van der Waals surface area contributed by atoms with E-state index in [0.717, 1.165) is 34.0 Å². The van der Waals surface area contributed by atoms with Gasteiger partial charge in [-0.25, -0.2) is 9.37 Å². The second-order valence-corrected chi connectivity index (χ2v) is 7.97. The van der Waals surface area contributed by atoms with Crippen LogP contribution in [-0.2, 0) is 17.6 Å². The number of hydrogen-bond acceptors (Lipinski definition) is 3. The zero-order valence-corrected chi connectivity index (χ0v) is 16.4. The predicted molar refractivity (Wildman–Crippen MR) is 108 cm³/mol. The fraction of sp³-hybridized carbons (Fsp3) is 0.273. The highest BCUT2D eigenvalue weighted by molar-refractivity contribution is 7.12. The second kappa shape index (κ2) is 8.91. The van der Waals surface area contributed by atoms with Crippen molar-refractivity contribution in [3.63, 3.8) is 0 Å². The minimum atomic E-state index is -0.280. The average molecular weight is 383 g/mol. The van der Waals surface area contributed by atoms with E-state index in [9.17, 15) is 9.18 Å². The van der Waals surface area contributed by atoms with Gasteiger partial charge in [0.2, 0.25) is 5.91 Å². The van der Waals surface area contributed by atoms with E-state index < -0.39 is 0 Å². The maximum absolute atomic E-state index is 13.2. The number of aromatic nitrogens is 1. The van der Waals surface area contributed by atoms with Crippen molar-refractivity contribution < 1.29 is 9.18 Å². The molecule has 140 valence electrons. The number of rotatable bonds is 7. The van der Waals surface area contributed by atoms with Crippen molar-refractivity contribution in [2.45, 2.75) is 39.2 Å². The Hall–Kier alpha value is -2.53. The third-order valence-electron chi connectivity index (χ3n) is 4.36. The summed E-state index contributed by atoms with van der Waals surface area (Å²) < 4.78 is 13.2. The number of carbonyl (C=O) groups excluding carboxylic acids is 1. The second-order valence-electron chi connectivity index (χ2n) is 6.68. The molecule has 0 saturated heterocycles. The molecule has 5 heteroatoms. The first-order valence-electron chi connectivity index (χ1n) is 9.07.